The molecule has 0 spiro atoms. The highest BCUT2D eigenvalue weighted by Gasteiger charge is 2.12. The first kappa shape index (κ1) is 20.1. The summed E-state index contributed by atoms with van der Waals surface area (Å²) in [7, 11) is 3.74. The topological polar surface area (TPSA) is 41.6 Å². The molecule has 0 saturated carbocycles. The van der Waals surface area contributed by atoms with Crippen LogP contribution in [0, 0.1) is 5.92 Å². The molecule has 18 heavy (non-hydrogen) atoms. The van der Waals surface area contributed by atoms with Crippen LogP contribution in [0.3, 0.4) is 0 Å². The van der Waals surface area contributed by atoms with E-state index in [1.54, 1.807) is 16.3 Å². The summed E-state index contributed by atoms with van der Waals surface area (Å²) in [5.74, 6) is 1.18. The van der Waals surface area contributed by atoms with Crippen molar-refractivity contribution in [2.45, 2.75) is 34.1 Å². The number of carbonyl (C=O) groups excluding carboxylic acids is 1. The van der Waals surface area contributed by atoms with Crippen molar-refractivity contribution < 1.29 is 9.53 Å². The molecule has 0 aliphatic carbocycles. The SMILES string of the molecule is CC.CNCCOCCCSN(C)C(=O)C(C)C. The van der Waals surface area contributed by atoms with Gasteiger partial charge in [-0.2, -0.15) is 0 Å². The van der Waals surface area contributed by atoms with Crippen molar-refractivity contribution in [1.82, 2.24) is 9.62 Å². The van der Waals surface area contributed by atoms with Crippen molar-refractivity contribution in [1.29, 1.82) is 0 Å². The van der Waals surface area contributed by atoms with E-state index in [0.29, 0.717) is 0 Å². The van der Waals surface area contributed by atoms with Gasteiger partial charge in [-0.1, -0.05) is 27.7 Å². The average Bonchev–Trinajstić information content (AvgIpc) is 2.38. The van der Waals surface area contributed by atoms with Crippen LogP contribution in [0.4, 0.5) is 0 Å². The molecule has 1 amide bonds. The Bertz CT molecular complexity index is 190. The lowest BCUT2D eigenvalue weighted by Crippen LogP contribution is -2.24. The molecule has 0 aliphatic rings. The Labute approximate surface area is 117 Å². The zero-order valence-corrected chi connectivity index (χ0v) is 13.6. The Hall–Kier alpha value is -0.260. The van der Waals surface area contributed by atoms with Crippen LogP contribution in [0.15, 0.2) is 0 Å². The quantitative estimate of drug-likeness (QED) is 0.519. The summed E-state index contributed by atoms with van der Waals surface area (Å²) in [5.41, 5.74) is 0. The summed E-state index contributed by atoms with van der Waals surface area (Å²) in [6.45, 7) is 10.2. The van der Waals surface area contributed by atoms with Crippen LogP contribution in [0.1, 0.15) is 34.1 Å². The Balaban J connectivity index is 0. The smallest absolute Gasteiger partial charge is 0.234 e. The monoisotopic (exact) mass is 278 g/mol. The van der Waals surface area contributed by atoms with E-state index in [4.69, 9.17) is 4.74 Å². The van der Waals surface area contributed by atoms with Crippen molar-refractivity contribution in [2.75, 3.05) is 39.6 Å². The van der Waals surface area contributed by atoms with Crippen LogP contribution < -0.4 is 5.32 Å². The Morgan fingerprint density at radius 3 is 2.44 bits per heavy atom. The second-order valence-electron chi connectivity index (χ2n) is 3.89. The zero-order chi connectivity index (χ0) is 14.4. The average molecular weight is 278 g/mol. The standard InChI is InChI=1S/C11H24N2O2S.C2H6/c1-10(2)11(14)13(4)16-9-5-7-15-8-6-12-3;1-2/h10,12H,5-9H2,1-4H3;1-2H3. The highest BCUT2D eigenvalue weighted by atomic mass is 32.2. The van der Waals surface area contributed by atoms with Gasteiger partial charge in [0.2, 0.25) is 5.91 Å². The predicted molar refractivity (Wildman–Crippen MR) is 80.8 cm³/mol. The maximum atomic E-state index is 11.5. The van der Waals surface area contributed by atoms with Crippen molar-refractivity contribution in [3.63, 3.8) is 0 Å². The first-order chi connectivity index (χ1) is 8.59. The number of nitrogens with zero attached hydrogens (tertiary/aromatic N) is 1. The van der Waals surface area contributed by atoms with Gasteiger partial charge in [-0.3, -0.25) is 9.10 Å². The lowest BCUT2D eigenvalue weighted by atomic mass is 10.2. The molecular formula is C13H30N2O2S. The number of amides is 1. The number of rotatable bonds is 9. The second-order valence-corrected chi connectivity index (χ2v) is 5.11. The molecular weight excluding hydrogens is 248 g/mol. The number of nitrogens with one attached hydrogen (secondary N) is 1. The minimum absolute atomic E-state index is 0.0735. The first-order valence-corrected chi connectivity index (χ1v) is 7.66. The summed E-state index contributed by atoms with van der Waals surface area (Å²) < 4.78 is 7.11. The number of hydrogen-bond donors (Lipinski definition) is 1. The molecule has 4 nitrogen and oxygen atoms in total. The Morgan fingerprint density at radius 1 is 1.33 bits per heavy atom. The van der Waals surface area contributed by atoms with Crippen molar-refractivity contribution >= 4 is 17.9 Å². The largest absolute Gasteiger partial charge is 0.380 e. The third kappa shape index (κ3) is 12.2. The van der Waals surface area contributed by atoms with E-state index in [1.807, 2.05) is 41.8 Å². The van der Waals surface area contributed by atoms with E-state index >= 15 is 0 Å². The van der Waals surface area contributed by atoms with Crippen molar-refractivity contribution in [3.05, 3.63) is 0 Å². The molecule has 0 aromatic rings. The van der Waals surface area contributed by atoms with E-state index in [-0.39, 0.29) is 11.8 Å². The third-order valence-electron chi connectivity index (χ3n) is 2.02. The molecule has 0 radical (unpaired) electrons. The minimum Gasteiger partial charge on any atom is -0.380 e. The first-order valence-electron chi connectivity index (χ1n) is 6.72. The molecule has 0 saturated heterocycles. The van der Waals surface area contributed by atoms with Gasteiger partial charge >= 0.3 is 0 Å². The second kappa shape index (κ2) is 14.8. The van der Waals surface area contributed by atoms with Crippen LogP contribution >= 0.6 is 11.9 Å². The number of hydrogen-bond acceptors (Lipinski definition) is 4. The summed E-state index contributed by atoms with van der Waals surface area (Å²) in [5, 5.41) is 3.02. The van der Waals surface area contributed by atoms with Crippen LogP contribution in [-0.4, -0.2) is 49.8 Å². The molecule has 0 unspecified atom stereocenters. The lowest BCUT2D eigenvalue weighted by molar-refractivity contribution is -0.128. The molecule has 5 heteroatoms. The molecule has 0 aromatic carbocycles. The molecule has 0 aliphatic heterocycles. The molecule has 0 atom stereocenters. The minimum atomic E-state index is 0.0735. The molecule has 0 rings (SSSR count). The van der Waals surface area contributed by atoms with Crippen LogP contribution in [-0.2, 0) is 9.53 Å². The van der Waals surface area contributed by atoms with Crippen molar-refractivity contribution in [3.8, 4) is 0 Å². The highest BCUT2D eigenvalue weighted by molar-refractivity contribution is 7.97. The Kier molecular flexibility index (Phi) is 16.5. The van der Waals surface area contributed by atoms with Gasteiger partial charge in [-0.15, -0.1) is 0 Å². The van der Waals surface area contributed by atoms with Crippen LogP contribution in [0.5, 0.6) is 0 Å². The molecule has 0 heterocycles. The zero-order valence-electron chi connectivity index (χ0n) is 12.8. The van der Waals surface area contributed by atoms with E-state index in [1.165, 1.54) is 0 Å². The fourth-order valence-electron chi connectivity index (χ4n) is 1.07. The maximum absolute atomic E-state index is 11.5. The van der Waals surface area contributed by atoms with Gasteiger partial charge in [0.1, 0.15) is 0 Å². The Morgan fingerprint density at radius 2 is 1.94 bits per heavy atom. The number of carbonyl (C=O) groups is 1. The van der Waals surface area contributed by atoms with Gasteiger partial charge in [0.05, 0.1) is 6.61 Å². The van der Waals surface area contributed by atoms with E-state index in [9.17, 15) is 4.79 Å². The van der Waals surface area contributed by atoms with Gasteiger partial charge in [0, 0.05) is 31.9 Å². The van der Waals surface area contributed by atoms with E-state index < -0.39 is 0 Å². The van der Waals surface area contributed by atoms with Gasteiger partial charge in [0.15, 0.2) is 0 Å². The maximum Gasteiger partial charge on any atom is 0.234 e. The highest BCUT2D eigenvalue weighted by Crippen LogP contribution is 2.12. The predicted octanol–water partition coefficient (Wildman–Crippen LogP) is 2.40. The van der Waals surface area contributed by atoms with Gasteiger partial charge in [-0.25, -0.2) is 0 Å². The van der Waals surface area contributed by atoms with E-state index in [0.717, 1.165) is 31.9 Å². The van der Waals surface area contributed by atoms with Gasteiger partial charge < -0.3 is 10.1 Å². The molecule has 0 bridgehead atoms. The lowest BCUT2D eigenvalue weighted by Gasteiger charge is -2.17. The summed E-state index contributed by atoms with van der Waals surface area (Å²) >= 11 is 1.56. The fraction of sp³-hybridized carbons (Fsp3) is 0.923. The molecule has 0 fully saturated rings. The van der Waals surface area contributed by atoms with E-state index in [2.05, 4.69) is 5.32 Å². The van der Waals surface area contributed by atoms with Gasteiger partial charge in [0.25, 0.3) is 0 Å². The summed E-state index contributed by atoms with van der Waals surface area (Å²) in [4.78, 5) is 11.5. The molecule has 1 N–H and O–H groups in total. The van der Waals surface area contributed by atoms with Crippen LogP contribution in [0.2, 0.25) is 0 Å². The van der Waals surface area contributed by atoms with Crippen molar-refractivity contribution in [2.24, 2.45) is 5.92 Å². The normalized spacial score (nSPS) is 9.94. The summed E-state index contributed by atoms with van der Waals surface area (Å²) in [6.07, 6.45) is 0.976. The molecule has 0 aromatic heterocycles. The molecule has 110 valence electrons. The van der Waals surface area contributed by atoms with Gasteiger partial charge in [-0.05, 0) is 25.4 Å². The number of ether oxygens (including phenoxy) is 1. The fourth-order valence-corrected chi connectivity index (χ4v) is 1.92. The van der Waals surface area contributed by atoms with Crippen LogP contribution in [0.25, 0.3) is 0 Å². The number of likely N-dealkylation sites (N-methyl/N-ethyl adjacent to an activating group) is 1. The summed E-state index contributed by atoms with van der Waals surface area (Å²) in [6, 6.07) is 0. The third-order valence-corrected chi connectivity index (χ3v) is 3.06.